The van der Waals surface area contributed by atoms with Gasteiger partial charge in [0.1, 0.15) is 29.4 Å². The zero-order chi connectivity index (χ0) is 25.1. The van der Waals surface area contributed by atoms with E-state index in [-0.39, 0.29) is 17.8 Å². The van der Waals surface area contributed by atoms with Gasteiger partial charge in [-0.15, -0.1) is 0 Å². The van der Waals surface area contributed by atoms with Gasteiger partial charge in [-0.2, -0.15) is 5.10 Å². The van der Waals surface area contributed by atoms with E-state index in [1.54, 1.807) is 24.2 Å². The molecule has 186 valence electrons. The number of amidine groups is 1. The largest absolute Gasteiger partial charge is 0.494 e. The smallest absolute Gasteiger partial charge is 0.250 e. The number of ether oxygens (including phenoxy) is 1. The molecule has 36 heavy (non-hydrogen) atoms. The molecule has 1 aromatic heterocycles. The van der Waals surface area contributed by atoms with Crippen molar-refractivity contribution in [3.05, 3.63) is 75.5 Å². The number of methoxy groups -OCH3 is 1. The maximum atomic E-state index is 13.9. The lowest BCUT2D eigenvalue weighted by Gasteiger charge is -2.42. The van der Waals surface area contributed by atoms with Crippen LogP contribution < -0.4 is 10.5 Å². The first-order valence-corrected chi connectivity index (χ1v) is 12.6. The minimum Gasteiger partial charge on any atom is -0.494 e. The number of aryl methyl sites for hydroxylation is 1. The number of aromatic nitrogens is 3. The van der Waals surface area contributed by atoms with Crippen molar-refractivity contribution in [2.24, 2.45) is 16.3 Å². The van der Waals surface area contributed by atoms with Crippen molar-refractivity contribution in [1.82, 2.24) is 19.7 Å². The normalized spacial score (nSPS) is 23.0. The Morgan fingerprint density at radius 2 is 2.08 bits per heavy atom. The predicted molar refractivity (Wildman–Crippen MR) is 137 cm³/mol. The number of fused-ring (bicyclic) bond motifs is 1. The summed E-state index contributed by atoms with van der Waals surface area (Å²) in [5.74, 6) is 1.83. The van der Waals surface area contributed by atoms with Crippen LogP contribution in [-0.2, 0) is 10.6 Å². The zero-order valence-corrected chi connectivity index (χ0v) is 21.6. The number of rotatable bonds is 5. The summed E-state index contributed by atoms with van der Waals surface area (Å²) in [4.78, 5) is 12.5. The van der Waals surface area contributed by atoms with E-state index in [1.807, 2.05) is 25.1 Å². The Kier molecular flexibility index (Phi) is 5.42. The molecule has 8 nitrogen and oxygen atoms in total. The predicted octanol–water partition coefficient (Wildman–Crippen LogP) is 4.51. The first kappa shape index (κ1) is 23.2. The number of halogens is 2. The molecule has 0 radical (unpaired) electrons. The molecule has 0 amide bonds. The lowest BCUT2D eigenvalue weighted by molar-refractivity contribution is -0.105. The Morgan fingerprint density at radius 3 is 2.75 bits per heavy atom. The van der Waals surface area contributed by atoms with E-state index in [9.17, 15) is 4.39 Å². The van der Waals surface area contributed by atoms with E-state index < -0.39 is 5.72 Å². The van der Waals surface area contributed by atoms with Crippen LogP contribution in [0.15, 0.2) is 57.9 Å². The summed E-state index contributed by atoms with van der Waals surface area (Å²) in [6.07, 6.45) is 6.98. The van der Waals surface area contributed by atoms with Crippen LogP contribution >= 0.6 is 15.9 Å². The number of nitrogens with zero attached hydrogens (tertiary/aromatic N) is 5. The van der Waals surface area contributed by atoms with Crippen LogP contribution in [0.4, 0.5) is 4.39 Å². The van der Waals surface area contributed by atoms with Gasteiger partial charge in [-0.25, -0.2) is 14.1 Å². The van der Waals surface area contributed by atoms with E-state index in [1.165, 1.54) is 12.1 Å². The standard InChI is InChI=1S/C26H26BrFN6O2/c1-16-30-15-34(31-16)22-6-3-17(10-23(22)35-2)9-18-12-25(7-8-25)14-33-24(18)32-36-26(33,13-29)20-5-4-19(28)11-21(20)27/h3-6,9-11,15H,7-8,12-14,29H2,1-2H3. The fourth-order valence-electron chi connectivity index (χ4n) is 5.22. The number of piperidine rings is 1. The first-order chi connectivity index (χ1) is 17.4. The van der Waals surface area contributed by atoms with E-state index in [4.69, 9.17) is 15.3 Å². The summed E-state index contributed by atoms with van der Waals surface area (Å²) >= 11 is 3.51. The van der Waals surface area contributed by atoms with E-state index in [0.29, 0.717) is 16.0 Å². The van der Waals surface area contributed by atoms with Crippen molar-refractivity contribution >= 4 is 27.8 Å². The summed E-state index contributed by atoms with van der Waals surface area (Å²) < 4.78 is 21.8. The van der Waals surface area contributed by atoms with Crippen LogP contribution in [-0.4, -0.2) is 45.7 Å². The minimum atomic E-state index is -0.997. The van der Waals surface area contributed by atoms with Gasteiger partial charge in [0.05, 0.1) is 13.7 Å². The Balaban J connectivity index is 1.39. The van der Waals surface area contributed by atoms with Crippen molar-refractivity contribution in [3.8, 4) is 11.4 Å². The monoisotopic (exact) mass is 552 g/mol. The van der Waals surface area contributed by atoms with Gasteiger partial charge in [-0.05, 0) is 79.1 Å². The van der Waals surface area contributed by atoms with Gasteiger partial charge in [0.15, 0.2) is 5.84 Å². The van der Waals surface area contributed by atoms with Crippen molar-refractivity contribution in [1.29, 1.82) is 0 Å². The highest BCUT2D eigenvalue weighted by atomic mass is 79.9. The topological polar surface area (TPSA) is 90.8 Å². The summed E-state index contributed by atoms with van der Waals surface area (Å²) in [7, 11) is 1.64. The van der Waals surface area contributed by atoms with Crippen molar-refractivity contribution < 1.29 is 14.0 Å². The third-order valence-corrected chi connectivity index (χ3v) is 7.96. The van der Waals surface area contributed by atoms with Crippen LogP contribution in [0.5, 0.6) is 5.75 Å². The number of benzene rings is 2. The molecule has 3 heterocycles. The van der Waals surface area contributed by atoms with Gasteiger partial charge in [-0.3, -0.25) is 0 Å². The van der Waals surface area contributed by atoms with Crippen LogP contribution in [0.25, 0.3) is 11.8 Å². The molecule has 3 aromatic rings. The van der Waals surface area contributed by atoms with Crippen LogP contribution in [0, 0.1) is 18.2 Å². The fourth-order valence-corrected chi connectivity index (χ4v) is 5.88. The van der Waals surface area contributed by atoms with Gasteiger partial charge >= 0.3 is 0 Å². The molecule has 0 bridgehead atoms. The quantitative estimate of drug-likeness (QED) is 0.500. The molecule has 6 rings (SSSR count). The zero-order valence-electron chi connectivity index (χ0n) is 20.0. The second-order valence-corrected chi connectivity index (χ2v) is 10.6. The Labute approximate surface area is 216 Å². The van der Waals surface area contributed by atoms with Crippen LogP contribution in [0.3, 0.4) is 0 Å². The molecule has 1 atom stereocenters. The molecule has 2 aliphatic heterocycles. The highest BCUT2D eigenvalue weighted by Gasteiger charge is 2.58. The average Bonchev–Trinajstić information content (AvgIpc) is 3.28. The molecular formula is C26H26BrFN6O2. The van der Waals surface area contributed by atoms with Crippen molar-refractivity contribution in [3.63, 3.8) is 0 Å². The molecule has 1 saturated carbocycles. The Hall–Kier alpha value is -3.24. The highest BCUT2D eigenvalue weighted by Crippen LogP contribution is 2.57. The summed E-state index contributed by atoms with van der Waals surface area (Å²) in [5.41, 5.74) is 9.13. The van der Waals surface area contributed by atoms with E-state index in [0.717, 1.165) is 54.0 Å². The molecule has 2 N–H and O–H groups in total. The molecule has 1 saturated heterocycles. The van der Waals surface area contributed by atoms with Crippen molar-refractivity contribution in [2.75, 3.05) is 20.2 Å². The first-order valence-electron chi connectivity index (χ1n) is 11.8. The van der Waals surface area contributed by atoms with Crippen LogP contribution in [0.1, 0.15) is 36.2 Å². The van der Waals surface area contributed by atoms with E-state index >= 15 is 0 Å². The minimum absolute atomic E-state index is 0.160. The van der Waals surface area contributed by atoms with Gasteiger partial charge in [-0.1, -0.05) is 27.2 Å². The lowest BCUT2D eigenvalue weighted by Crippen LogP contribution is -2.55. The fraction of sp³-hybridized carbons (Fsp3) is 0.346. The average molecular weight is 553 g/mol. The third-order valence-electron chi connectivity index (χ3n) is 7.30. The maximum Gasteiger partial charge on any atom is 0.250 e. The Morgan fingerprint density at radius 1 is 1.25 bits per heavy atom. The Bertz CT molecular complexity index is 1420. The maximum absolute atomic E-state index is 13.9. The molecule has 2 aromatic carbocycles. The van der Waals surface area contributed by atoms with Crippen LogP contribution in [0.2, 0.25) is 0 Å². The molecule has 1 unspecified atom stereocenters. The summed E-state index contributed by atoms with van der Waals surface area (Å²) in [6, 6.07) is 10.6. The number of hydrogen-bond acceptors (Lipinski definition) is 7. The highest BCUT2D eigenvalue weighted by molar-refractivity contribution is 9.10. The summed E-state index contributed by atoms with van der Waals surface area (Å²) in [6.45, 7) is 2.81. The molecular weight excluding hydrogens is 527 g/mol. The lowest BCUT2D eigenvalue weighted by atomic mass is 9.86. The molecule has 1 aliphatic carbocycles. The number of hydrogen-bond donors (Lipinski definition) is 1. The number of oxime groups is 1. The van der Waals surface area contributed by atoms with Gasteiger partial charge in [0.2, 0.25) is 0 Å². The molecule has 3 aliphatic rings. The van der Waals surface area contributed by atoms with Crippen molar-refractivity contribution in [2.45, 2.75) is 31.9 Å². The van der Waals surface area contributed by atoms with Gasteiger partial charge in [0.25, 0.3) is 5.72 Å². The molecule has 2 fully saturated rings. The van der Waals surface area contributed by atoms with E-state index in [2.05, 4.69) is 42.1 Å². The molecule has 1 spiro atoms. The van der Waals surface area contributed by atoms with Gasteiger partial charge < -0.3 is 20.2 Å². The second kappa shape index (κ2) is 8.41. The third kappa shape index (κ3) is 3.70. The summed E-state index contributed by atoms with van der Waals surface area (Å²) in [5, 5.41) is 8.93. The molecule has 10 heteroatoms. The van der Waals surface area contributed by atoms with Gasteiger partial charge in [0, 0.05) is 16.6 Å². The second-order valence-electron chi connectivity index (χ2n) is 9.72. The number of nitrogens with two attached hydrogens (primary N) is 1. The SMILES string of the molecule is COc1cc(C=C2CC3(CC3)CN3C2=NOC3(CN)c2ccc(F)cc2Br)ccc1-n1cnc(C)n1.